The Bertz CT molecular complexity index is 989. The van der Waals surface area contributed by atoms with Crippen LogP contribution in [0.15, 0.2) is 18.2 Å². The van der Waals surface area contributed by atoms with Crippen molar-refractivity contribution >= 4 is 34.0 Å². The minimum absolute atomic E-state index is 0.107. The number of carbonyl (C=O) groups is 1. The number of hydrogen-bond acceptors (Lipinski definition) is 5. The highest BCUT2D eigenvalue weighted by molar-refractivity contribution is 7.19. The van der Waals surface area contributed by atoms with Crippen LogP contribution in [0.5, 0.6) is 0 Å². The van der Waals surface area contributed by atoms with Crippen molar-refractivity contribution in [3.63, 3.8) is 0 Å². The van der Waals surface area contributed by atoms with Gasteiger partial charge in [-0.2, -0.15) is 10.5 Å². The molecule has 1 amide bonds. The van der Waals surface area contributed by atoms with Gasteiger partial charge in [-0.05, 0) is 37.0 Å². The predicted molar refractivity (Wildman–Crippen MR) is 101 cm³/mol. The Hall–Kier alpha value is -2.55. The molecule has 0 radical (unpaired) electrons. The molecule has 1 aromatic heterocycles. The number of thiazole rings is 1. The molecule has 1 N–H and O–H groups in total. The number of anilines is 1. The fourth-order valence-corrected chi connectivity index (χ4v) is 4.42. The summed E-state index contributed by atoms with van der Waals surface area (Å²) in [7, 11) is 0. The third-order valence-corrected chi connectivity index (χ3v) is 6.18. The second kappa shape index (κ2) is 7.83. The molecule has 2 aromatic rings. The lowest BCUT2D eigenvalue weighted by atomic mass is 9.83. The van der Waals surface area contributed by atoms with Gasteiger partial charge >= 0.3 is 0 Å². The van der Waals surface area contributed by atoms with Crippen molar-refractivity contribution in [3.8, 4) is 12.1 Å². The summed E-state index contributed by atoms with van der Waals surface area (Å²) in [5.41, 5.74) is 1.27. The standard InChI is InChI=1S/C19H15ClF2N4OS/c1-10-16(20)28-18(25-10)26-17(27)15(12-4-5-19(21,22)7-12)11-2-3-13(8-23)14(6-11)9-24/h2-3,6,12,15H,4-5,7H2,1H3,(H,25,26,27)/t12-,15-/m1/s1. The summed E-state index contributed by atoms with van der Waals surface area (Å²) in [6, 6.07) is 8.23. The summed E-state index contributed by atoms with van der Waals surface area (Å²) in [4.78, 5) is 17.2. The van der Waals surface area contributed by atoms with Gasteiger partial charge in [0.1, 0.15) is 16.5 Å². The van der Waals surface area contributed by atoms with Gasteiger partial charge in [0.2, 0.25) is 11.8 Å². The number of rotatable bonds is 4. The van der Waals surface area contributed by atoms with E-state index in [-0.39, 0.29) is 29.1 Å². The average molecular weight is 421 g/mol. The number of hydrogen-bond donors (Lipinski definition) is 1. The molecule has 0 saturated heterocycles. The molecule has 0 spiro atoms. The maximum Gasteiger partial charge on any atom is 0.248 e. The number of benzene rings is 1. The third-order valence-electron chi connectivity index (χ3n) is 4.81. The zero-order valence-corrected chi connectivity index (χ0v) is 16.4. The zero-order chi connectivity index (χ0) is 20.5. The van der Waals surface area contributed by atoms with Crippen molar-refractivity contribution < 1.29 is 13.6 Å². The van der Waals surface area contributed by atoms with Crippen LogP contribution in [0.1, 0.15) is 47.6 Å². The second-order valence-electron chi connectivity index (χ2n) is 6.73. The maximum absolute atomic E-state index is 13.8. The topological polar surface area (TPSA) is 89.6 Å². The van der Waals surface area contributed by atoms with Gasteiger partial charge in [0.05, 0.1) is 22.7 Å². The average Bonchev–Trinajstić information content (AvgIpc) is 3.15. The molecule has 1 aliphatic rings. The highest BCUT2D eigenvalue weighted by atomic mass is 35.5. The van der Waals surface area contributed by atoms with E-state index in [0.717, 1.165) is 11.3 Å². The van der Waals surface area contributed by atoms with Gasteiger partial charge in [0.25, 0.3) is 0 Å². The number of aromatic nitrogens is 1. The summed E-state index contributed by atoms with van der Waals surface area (Å²) in [6.45, 7) is 1.70. The van der Waals surface area contributed by atoms with E-state index in [4.69, 9.17) is 16.9 Å². The molecule has 144 valence electrons. The van der Waals surface area contributed by atoms with E-state index < -0.39 is 30.1 Å². The summed E-state index contributed by atoms with van der Waals surface area (Å²) in [5, 5.41) is 21.3. The normalized spacial score (nSPS) is 18.9. The van der Waals surface area contributed by atoms with Crippen molar-refractivity contribution in [1.82, 2.24) is 4.98 Å². The van der Waals surface area contributed by atoms with Gasteiger partial charge in [-0.15, -0.1) is 0 Å². The lowest BCUT2D eigenvalue weighted by Crippen LogP contribution is -2.27. The Labute approximate surface area is 169 Å². The molecule has 1 aromatic carbocycles. The molecule has 1 aliphatic carbocycles. The molecule has 0 unspecified atom stereocenters. The molecule has 9 heteroatoms. The number of nitrogens with one attached hydrogen (secondary N) is 1. The molecular formula is C19H15ClF2N4OS. The van der Waals surface area contributed by atoms with Crippen LogP contribution in [-0.2, 0) is 4.79 Å². The summed E-state index contributed by atoms with van der Waals surface area (Å²) < 4.78 is 28.1. The van der Waals surface area contributed by atoms with E-state index in [2.05, 4.69) is 10.3 Å². The molecular weight excluding hydrogens is 406 g/mol. The van der Waals surface area contributed by atoms with Crippen LogP contribution in [0.25, 0.3) is 0 Å². The SMILES string of the molecule is Cc1nc(NC(=O)[C@H](c2ccc(C#N)c(C#N)c2)[C@@H]2CCC(F)(F)C2)sc1Cl. The second-order valence-corrected chi connectivity index (χ2v) is 8.33. The molecule has 3 rings (SSSR count). The number of amides is 1. The molecule has 5 nitrogen and oxygen atoms in total. The Morgan fingerprint density at radius 1 is 1.39 bits per heavy atom. The van der Waals surface area contributed by atoms with Gasteiger partial charge in [-0.3, -0.25) is 4.79 Å². The van der Waals surface area contributed by atoms with Crippen LogP contribution in [0.2, 0.25) is 4.34 Å². The van der Waals surface area contributed by atoms with Gasteiger partial charge < -0.3 is 5.32 Å². The van der Waals surface area contributed by atoms with Crippen LogP contribution in [0.3, 0.4) is 0 Å². The first-order valence-electron chi connectivity index (χ1n) is 8.50. The fourth-order valence-electron chi connectivity index (χ4n) is 3.47. The Kier molecular flexibility index (Phi) is 5.64. The van der Waals surface area contributed by atoms with E-state index in [1.54, 1.807) is 13.0 Å². The Balaban J connectivity index is 1.97. The largest absolute Gasteiger partial charge is 0.301 e. The summed E-state index contributed by atoms with van der Waals surface area (Å²) in [6.07, 6.45) is -0.514. The number of nitrogens with zero attached hydrogens (tertiary/aromatic N) is 3. The minimum Gasteiger partial charge on any atom is -0.301 e. The van der Waals surface area contributed by atoms with E-state index in [0.29, 0.717) is 15.6 Å². The molecule has 1 saturated carbocycles. The van der Waals surface area contributed by atoms with Crippen molar-refractivity contribution in [2.24, 2.45) is 5.92 Å². The van der Waals surface area contributed by atoms with Gasteiger partial charge in [-0.1, -0.05) is 29.0 Å². The number of aryl methyl sites for hydroxylation is 1. The molecule has 1 fully saturated rings. The van der Waals surface area contributed by atoms with Crippen LogP contribution < -0.4 is 5.32 Å². The summed E-state index contributed by atoms with van der Waals surface area (Å²) in [5.74, 6) is -4.79. The summed E-state index contributed by atoms with van der Waals surface area (Å²) >= 11 is 7.08. The molecule has 2 atom stereocenters. The fraction of sp³-hybridized carbons (Fsp3) is 0.368. The van der Waals surface area contributed by atoms with Crippen molar-refractivity contribution in [2.75, 3.05) is 5.32 Å². The molecule has 0 bridgehead atoms. The first kappa shape index (κ1) is 20.2. The zero-order valence-electron chi connectivity index (χ0n) is 14.8. The Morgan fingerprint density at radius 3 is 2.64 bits per heavy atom. The number of nitriles is 2. The molecule has 28 heavy (non-hydrogen) atoms. The Morgan fingerprint density at radius 2 is 2.11 bits per heavy atom. The quantitative estimate of drug-likeness (QED) is 0.753. The van der Waals surface area contributed by atoms with Gasteiger partial charge in [-0.25, -0.2) is 13.8 Å². The highest BCUT2D eigenvalue weighted by Gasteiger charge is 2.45. The van der Waals surface area contributed by atoms with E-state index in [1.165, 1.54) is 12.1 Å². The van der Waals surface area contributed by atoms with Crippen LogP contribution >= 0.6 is 22.9 Å². The lowest BCUT2D eigenvalue weighted by molar-refractivity contribution is -0.118. The van der Waals surface area contributed by atoms with Crippen molar-refractivity contribution in [2.45, 2.75) is 38.0 Å². The van der Waals surface area contributed by atoms with E-state index >= 15 is 0 Å². The van der Waals surface area contributed by atoms with Crippen molar-refractivity contribution in [1.29, 1.82) is 10.5 Å². The van der Waals surface area contributed by atoms with Crippen LogP contribution in [-0.4, -0.2) is 16.8 Å². The van der Waals surface area contributed by atoms with E-state index in [1.807, 2.05) is 12.1 Å². The highest BCUT2D eigenvalue weighted by Crippen LogP contribution is 2.46. The van der Waals surface area contributed by atoms with Crippen molar-refractivity contribution in [3.05, 3.63) is 44.9 Å². The van der Waals surface area contributed by atoms with E-state index in [9.17, 15) is 18.8 Å². The van der Waals surface area contributed by atoms with Gasteiger partial charge in [0.15, 0.2) is 5.13 Å². The number of alkyl halides is 2. The monoisotopic (exact) mass is 420 g/mol. The lowest BCUT2D eigenvalue weighted by Gasteiger charge is -2.23. The smallest absolute Gasteiger partial charge is 0.248 e. The molecule has 0 aliphatic heterocycles. The predicted octanol–water partition coefficient (Wildman–Crippen LogP) is 5.01. The number of carbonyl (C=O) groups excluding carboxylic acids is 1. The minimum atomic E-state index is -2.82. The van der Waals surface area contributed by atoms with Crippen LogP contribution in [0.4, 0.5) is 13.9 Å². The first-order valence-corrected chi connectivity index (χ1v) is 9.69. The first-order chi connectivity index (χ1) is 13.2. The number of halogens is 3. The van der Waals surface area contributed by atoms with Gasteiger partial charge in [0, 0.05) is 12.8 Å². The molecule has 1 heterocycles. The van der Waals surface area contributed by atoms with Crippen LogP contribution in [0, 0.1) is 35.5 Å². The third kappa shape index (κ3) is 4.14. The maximum atomic E-state index is 13.8.